The highest BCUT2D eigenvalue weighted by atomic mass is 19.1. The van der Waals surface area contributed by atoms with Crippen molar-refractivity contribution in [3.05, 3.63) is 71.6 Å². The molecule has 3 aliphatic heterocycles. The molecule has 0 aliphatic carbocycles. The second kappa shape index (κ2) is 6.90. The summed E-state index contributed by atoms with van der Waals surface area (Å²) in [6, 6.07) is 11.9. The molecule has 2 aromatic carbocycles. The van der Waals surface area contributed by atoms with Gasteiger partial charge < -0.3 is 4.90 Å². The Morgan fingerprint density at radius 3 is 2.43 bits per heavy atom. The van der Waals surface area contributed by atoms with Gasteiger partial charge in [-0.15, -0.1) is 0 Å². The van der Waals surface area contributed by atoms with E-state index in [2.05, 4.69) is 0 Å². The van der Waals surface area contributed by atoms with Crippen molar-refractivity contribution < 1.29 is 18.8 Å². The van der Waals surface area contributed by atoms with Crippen LogP contribution in [0.25, 0.3) is 6.08 Å². The van der Waals surface area contributed by atoms with E-state index >= 15 is 0 Å². The van der Waals surface area contributed by atoms with E-state index in [1.54, 1.807) is 0 Å². The average Bonchev–Trinajstić information content (AvgIpc) is 3.23. The maximum Gasteiger partial charge on any atom is 0.235 e. The number of carbonyl (C=O) groups excluding carboxylic acids is 3. The van der Waals surface area contributed by atoms with Gasteiger partial charge in [-0.1, -0.05) is 37.3 Å². The zero-order chi connectivity index (χ0) is 21.0. The smallest absolute Gasteiger partial charge is 0.235 e. The van der Waals surface area contributed by atoms with Crippen LogP contribution in [-0.2, 0) is 9.59 Å². The fourth-order valence-electron chi connectivity index (χ4n) is 5.10. The van der Waals surface area contributed by atoms with Crippen LogP contribution in [0, 0.1) is 17.7 Å². The number of rotatable bonds is 4. The van der Waals surface area contributed by atoms with Gasteiger partial charge in [-0.25, -0.2) is 4.39 Å². The molecule has 4 unspecified atom stereocenters. The molecule has 0 spiro atoms. The summed E-state index contributed by atoms with van der Waals surface area (Å²) < 4.78 is 13.4. The normalized spacial score (nSPS) is 26.6. The van der Waals surface area contributed by atoms with E-state index in [1.807, 2.05) is 48.2 Å². The van der Waals surface area contributed by atoms with E-state index in [-0.39, 0.29) is 23.6 Å². The van der Waals surface area contributed by atoms with Crippen molar-refractivity contribution >= 4 is 29.4 Å². The van der Waals surface area contributed by atoms with Crippen LogP contribution in [0.1, 0.15) is 29.3 Å². The third-order valence-corrected chi connectivity index (χ3v) is 6.35. The van der Waals surface area contributed by atoms with Crippen molar-refractivity contribution in [2.75, 3.05) is 11.4 Å². The van der Waals surface area contributed by atoms with Gasteiger partial charge >= 0.3 is 0 Å². The van der Waals surface area contributed by atoms with Crippen molar-refractivity contribution in [2.45, 2.75) is 25.4 Å². The number of para-hydroxylation sites is 1. The summed E-state index contributed by atoms with van der Waals surface area (Å²) in [5.74, 6) is -2.53. The lowest BCUT2D eigenvalue weighted by Crippen LogP contribution is -2.48. The number of amides is 2. The SMILES string of the molecule is CCCN1C(=O)C2C(C1=O)C(C(=O)c1ccc(F)cc1)N1c3ccccc3C=CC21. The molecule has 5 rings (SSSR count). The van der Waals surface area contributed by atoms with Crippen molar-refractivity contribution in [3.63, 3.8) is 0 Å². The van der Waals surface area contributed by atoms with Crippen LogP contribution in [0.3, 0.4) is 0 Å². The molecule has 3 aliphatic rings. The first kappa shape index (κ1) is 18.7. The Morgan fingerprint density at radius 2 is 1.70 bits per heavy atom. The van der Waals surface area contributed by atoms with E-state index in [4.69, 9.17) is 0 Å². The number of imide groups is 1. The second-order valence-electron chi connectivity index (χ2n) is 8.01. The van der Waals surface area contributed by atoms with Gasteiger partial charge in [0.05, 0.1) is 17.9 Å². The minimum atomic E-state index is -0.810. The van der Waals surface area contributed by atoms with E-state index < -0.39 is 23.7 Å². The topological polar surface area (TPSA) is 57.7 Å². The summed E-state index contributed by atoms with van der Waals surface area (Å²) >= 11 is 0. The molecule has 2 saturated heterocycles. The number of anilines is 1. The summed E-state index contributed by atoms with van der Waals surface area (Å²) in [6.07, 6.45) is 4.55. The zero-order valence-corrected chi connectivity index (χ0v) is 16.5. The minimum absolute atomic E-state index is 0.208. The highest BCUT2D eigenvalue weighted by Gasteiger charge is 2.63. The van der Waals surface area contributed by atoms with Crippen LogP contribution in [0.15, 0.2) is 54.6 Å². The summed E-state index contributed by atoms with van der Waals surface area (Å²) in [7, 11) is 0. The van der Waals surface area contributed by atoms with E-state index in [0.29, 0.717) is 18.5 Å². The number of likely N-dealkylation sites (tertiary alicyclic amines) is 1. The van der Waals surface area contributed by atoms with Gasteiger partial charge in [-0.3, -0.25) is 19.3 Å². The van der Waals surface area contributed by atoms with E-state index in [1.165, 1.54) is 29.2 Å². The van der Waals surface area contributed by atoms with Crippen LogP contribution in [-0.4, -0.2) is 41.1 Å². The van der Waals surface area contributed by atoms with Gasteiger partial charge in [-0.2, -0.15) is 0 Å². The van der Waals surface area contributed by atoms with E-state index in [0.717, 1.165) is 11.3 Å². The Morgan fingerprint density at radius 1 is 1.00 bits per heavy atom. The van der Waals surface area contributed by atoms with Gasteiger partial charge in [0.1, 0.15) is 11.9 Å². The predicted molar refractivity (Wildman–Crippen MR) is 110 cm³/mol. The number of ketones is 1. The molecule has 0 N–H and O–H groups in total. The van der Waals surface area contributed by atoms with Gasteiger partial charge in [0.2, 0.25) is 11.8 Å². The van der Waals surface area contributed by atoms with Gasteiger partial charge in [-0.05, 0) is 42.3 Å². The Kier molecular flexibility index (Phi) is 4.31. The molecule has 30 heavy (non-hydrogen) atoms. The molecule has 0 saturated carbocycles. The largest absolute Gasteiger partial charge is 0.352 e. The third kappa shape index (κ3) is 2.56. The summed E-state index contributed by atoms with van der Waals surface area (Å²) in [4.78, 5) is 43.3. The second-order valence-corrected chi connectivity index (χ2v) is 8.01. The maximum absolute atomic E-state index is 13.6. The molecule has 152 valence electrons. The molecular formula is C24H21FN2O3. The van der Waals surface area contributed by atoms with Crippen molar-refractivity contribution in [1.29, 1.82) is 0 Å². The van der Waals surface area contributed by atoms with Crippen LogP contribution >= 0.6 is 0 Å². The monoisotopic (exact) mass is 404 g/mol. The molecule has 0 aromatic heterocycles. The fourth-order valence-corrected chi connectivity index (χ4v) is 5.10. The number of benzene rings is 2. The van der Waals surface area contributed by atoms with E-state index in [9.17, 15) is 18.8 Å². The summed E-state index contributed by atoms with van der Waals surface area (Å²) in [5.41, 5.74) is 2.11. The molecule has 2 fully saturated rings. The number of hydrogen-bond donors (Lipinski definition) is 0. The number of halogens is 1. The lowest BCUT2D eigenvalue weighted by atomic mass is 9.86. The van der Waals surface area contributed by atoms with Crippen LogP contribution in [0.4, 0.5) is 10.1 Å². The standard InChI is InChI=1S/C24H21FN2O3/c1-2-13-26-23(29)19-18-12-9-14-5-3-4-6-17(14)27(18)21(20(19)24(26)30)22(28)15-7-10-16(25)11-8-15/h3-12,18-21H,2,13H2,1H3. The molecule has 3 heterocycles. The molecule has 0 bridgehead atoms. The van der Waals surface area contributed by atoms with Crippen molar-refractivity contribution in [3.8, 4) is 0 Å². The van der Waals surface area contributed by atoms with Crippen LogP contribution < -0.4 is 4.90 Å². The maximum atomic E-state index is 13.6. The molecular weight excluding hydrogens is 383 g/mol. The number of nitrogens with zero attached hydrogens (tertiary/aromatic N) is 2. The van der Waals surface area contributed by atoms with Crippen molar-refractivity contribution in [1.82, 2.24) is 4.90 Å². The molecule has 2 aromatic rings. The lowest BCUT2D eigenvalue weighted by molar-refractivity contribution is -0.140. The van der Waals surface area contributed by atoms with Gasteiger partial charge in [0, 0.05) is 17.8 Å². The van der Waals surface area contributed by atoms with Crippen LogP contribution in [0.5, 0.6) is 0 Å². The fraction of sp³-hybridized carbons (Fsp3) is 0.292. The quantitative estimate of drug-likeness (QED) is 0.580. The molecule has 5 nitrogen and oxygen atoms in total. The molecule has 0 radical (unpaired) electrons. The first-order chi connectivity index (χ1) is 14.5. The minimum Gasteiger partial charge on any atom is -0.352 e. The zero-order valence-electron chi connectivity index (χ0n) is 16.5. The molecule has 4 atom stereocenters. The molecule has 2 amide bonds. The highest BCUT2D eigenvalue weighted by Crippen LogP contribution is 2.48. The van der Waals surface area contributed by atoms with Gasteiger partial charge in [0.25, 0.3) is 0 Å². The number of carbonyl (C=O) groups is 3. The van der Waals surface area contributed by atoms with Crippen molar-refractivity contribution in [2.24, 2.45) is 11.8 Å². The highest BCUT2D eigenvalue weighted by molar-refractivity contribution is 6.14. The predicted octanol–water partition coefficient (Wildman–Crippen LogP) is 3.30. The van der Waals surface area contributed by atoms with Crippen LogP contribution in [0.2, 0.25) is 0 Å². The number of hydrogen-bond acceptors (Lipinski definition) is 4. The Labute approximate surface area is 173 Å². The third-order valence-electron chi connectivity index (χ3n) is 6.35. The Hall–Kier alpha value is -3.28. The number of fused-ring (bicyclic) bond motifs is 5. The Balaban J connectivity index is 1.65. The first-order valence-corrected chi connectivity index (χ1v) is 10.2. The Bertz CT molecular complexity index is 1080. The summed E-state index contributed by atoms with van der Waals surface area (Å²) in [5, 5.41) is 0. The summed E-state index contributed by atoms with van der Waals surface area (Å²) in [6.45, 7) is 2.27. The number of Topliss-reactive ketones (excluding diaryl/α,β-unsaturated/α-hetero) is 1. The van der Waals surface area contributed by atoms with Gasteiger partial charge in [0.15, 0.2) is 5.78 Å². The first-order valence-electron chi connectivity index (χ1n) is 10.2. The lowest BCUT2D eigenvalue weighted by Gasteiger charge is -2.36. The molecule has 6 heteroatoms. The average molecular weight is 404 g/mol.